The van der Waals surface area contributed by atoms with Crippen molar-refractivity contribution in [2.45, 2.75) is 72.3 Å². The number of hydrogen-bond donors (Lipinski definition) is 1. The number of carboxylic acid groups (broad SMARTS) is 1. The number of nitrogens with zero attached hydrogens (tertiary/aromatic N) is 1. The number of hydrogen-bond acceptors (Lipinski definition) is 3. The van der Waals surface area contributed by atoms with Gasteiger partial charge in [0.15, 0.2) is 0 Å². The van der Waals surface area contributed by atoms with Gasteiger partial charge >= 0.3 is 5.97 Å². The Morgan fingerprint density at radius 1 is 1.16 bits per heavy atom. The minimum atomic E-state index is -0.846. The Bertz CT molecular complexity index is 851. The maximum absolute atomic E-state index is 12.8. The molecule has 0 radical (unpaired) electrons. The Balaban J connectivity index is 1.41. The third-order valence-electron chi connectivity index (χ3n) is 8.04. The molecule has 4 rings (SSSR count). The number of amides is 1. The fraction of sp³-hybridized carbons (Fsp3) is 0.692. The first-order chi connectivity index (χ1) is 14.5. The van der Waals surface area contributed by atoms with Gasteiger partial charge in [0, 0.05) is 19.5 Å². The lowest BCUT2D eigenvalue weighted by atomic mass is 9.57. The second-order valence-electron chi connectivity index (χ2n) is 11.7. The molecule has 31 heavy (non-hydrogen) atoms. The number of aliphatic carboxylic acids is 1. The van der Waals surface area contributed by atoms with Crippen LogP contribution in [-0.4, -0.2) is 41.6 Å². The van der Waals surface area contributed by atoms with E-state index < -0.39 is 11.4 Å². The molecule has 2 atom stereocenters. The summed E-state index contributed by atoms with van der Waals surface area (Å²) in [4.78, 5) is 25.9. The minimum absolute atomic E-state index is 0.0178. The van der Waals surface area contributed by atoms with E-state index in [1.807, 2.05) is 18.7 Å². The molecule has 3 aliphatic rings. The van der Waals surface area contributed by atoms with Crippen LogP contribution in [0.4, 0.5) is 0 Å². The van der Waals surface area contributed by atoms with Crippen LogP contribution in [0.3, 0.4) is 0 Å². The number of benzene rings is 1. The average Bonchev–Trinajstić information content (AvgIpc) is 2.67. The Morgan fingerprint density at radius 3 is 2.52 bits per heavy atom. The number of carbonyl (C=O) groups is 2. The lowest BCUT2D eigenvalue weighted by Crippen LogP contribution is -2.52. The van der Waals surface area contributed by atoms with Gasteiger partial charge in [-0.3, -0.25) is 9.59 Å². The molecule has 5 heteroatoms. The van der Waals surface area contributed by atoms with Crippen molar-refractivity contribution in [1.29, 1.82) is 0 Å². The highest BCUT2D eigenvalue weighted by atomic mass is 16.5. The molecule has 0 aromatic heterocycles. The summed E-state index contributed by atoms with van der Waals surface area (Å²) in [6.45, 7) is 10.8. The van der Waals surface area contributed by atoms with Crippen LogP contribution in [0.15, 0.2) is 24.3 Å². The Hall–Kier alpha value is -1.88. The van der Waals surface area contributed by atoms with Gasteiger partial charge in [-0.1, -0.05) is 52.0 Å². The molecule has 1 spiro atoms. The number of rotatable bonds is 4. The predicted octanol–water partition coefficient (Wildman–Crippen LogP) is 4.85. The molecule has 5 nitrogen and oxygen atoms in total. The number of likely N-dealkylation sites (tertiary alicyclic amines) is 1. The van der Waals surface area contributed by atoms with Crippen LogP contribution in [0.25, 0.3) is 0 Å². The first-order valence-corrected chi connectivity index (χ1v) is 11.7. The van der Waals surface area contributed by atoms with Crippen LogP contribution in [0.2, 0.25) is 0 Å². The highest BCUT2D eigenvalue weighted by Gasteiger charge is 2.51. The van der Waals surface area contributed by atoms with Crippen molar-refractivity contribution in [3.05, 3.63) is 35.4 Å². The Kier molecular flexibility index (Phi) is 5.70. The van der Waals surface area contributed by atoms with Crippen molar-refractivity contribution in [2.24, 2.45) is 22.2 Å². The first-order valence-electron chi connectivity index (χ1n) is 11.7. The molecule has 0 saturated carbocycles. The predicted molar refractivity (Wildman–Crippen MR) is 120 cm³/mol. The number of ether oxygens (including phenoxy) is 1. The molecule has 1 amide bonds. The van der Waals surface area contributed by atoms with Crippen molar-refractivity contribution in [3.63, 3.8) is 0 Å². The van der Waals surface area contributed by atoms with Gasteiger partial charge in [-0.15, -0.1) is 0 Å². The molecule has 0 bridgehead atoms. The third kappa shape index (κ3) is 4.52. The van der Waals surface area contributed by atoms with E-state index in [1.165, 1.54) is 11.1 Å². The second-order valence-corrected chi connectivity index (χ2v) is 11.7. The lowest BCUT2D eigenvalue weighted by molar-refractivity contribution is -0.160. The van der Waals surface area contributed by atoms with Crippen LogP contribution in [0.1, 0.15) is 77.0 Å². The molecule has 2 heterocycles. The monoisotopic (exact) mass is 427 g/mol. The normalized spacial score (nSPS) is 26.8. The Labute approximate surface area is 186 Å². The quantitative estimate of drug-likeness (QED) is 0.746. The maximum atomic E-state index is 12.8. The molecule has 1 aromatic rings. The van der Waals surface area contributed by atoms with Crippen LogP contribution < -0.4 is 0 Å². The standard InChI is InChI=1S/C26H37NO4/c1-24(2,16-22(29)30)15-21(28)27-11-9-26(10-12-27)14-20-23(31-17-26)19-8-6-5-7-18(19)13-25(20,3)4/h5-8,20,23H,9-17H2,1-4H3,(H,29,30)/t20-,23+/m1/s1. The highest BCUT2D eigenvalue weighted by molar-refractivity contribution is 5.78. The van der Waals surface area contributed by atoms with Gasteiger partial charge < -0.3 is 14.7 Å². The van der Waals surface area contributed by atoms with Crippen molar-refractivity contribution < 1.29 is 19.4 Å². The molecular weight excluding hydrogens is 390 g/mol. The van der Waals surface area contributed by atoms with Gasteiger partial charge in [-0.25, -0.2) is 0 Å². The summed E-state index contributed by atoms with van der Waals surface area (Å²) in [7, 11) is 0. The van der Waals surface area contributed by atoms with Gasteiger partial charge in [-0.05, 0) is 59.0 Å². The van der Waals surface area contributed by atoms with E-state index in [2.05, 4.69) is 38.1 Å². The van der Waals surface area contributed by atoms with Gasteiger partial charge in [0.25, 0.3) is 0 Å². The van der Waals surface area contributed by atoms with Crippen LogP contribution in [-0.2, 0) is 20.7 Å². The Morgan fingerprint density at radius 2 is 1.84 bits per heavy atom. The van der Waals surface area contributed by atoms with E-state index in [0.717, 1.165) is 45.4 Å². The van der Waals surface area contributed by atoms with Crippen molar-refractivity contribution >= 4 is 11.9 Å². The lowest BCUT2D eigenvalue weighted by Gasteiger charge is -2.55. The second kappa shape index (κ2) is 7.91. The van der Waals surface area contributed by atoms with Crippen molar-refractivity contribution in [2.75, 3.05) is 19.7 Å². The fourth-order valence-electron chi connectivity index (χ4n) is 6.17. The molecule has 0 unspecified atom stereocenters. The molecule has 170 valence electrons. The molecule has 2 aliphatic heterocycles. The van der Waals surface area contributed by atoms with Crippen molar-refractivity contribution in [1.82, 2.24) is 4.90 Å². The summed E-state index contributed by atoms with van der Waals surface area (Å²) in [6.07, 6.45) is 4.68. The summed E-state index contributed by atoms with van der Waals surface area (Å²) in [6, 6.07) is 8.74. The van der Waals surface area contributed by atoms with Gasteiger partial charge in [0.1, 0.15) is 0 Å². The smallest absolute Gasteiger partial charge is 0.303 e. The summed E-state index contributed by atoms with van der Waals surface area (Å²) in [5.74, 6) is -0.267. The number of carbonyl (C=O) groups excluding carboxylic acids is 1. The van der Waals surface area contributed by atoms with E-state index in [0.29, 0.717) is 5.92 Å². The van der Waals surface area contributed by atoms with E-state index in [9.17, 15) is 9.59 Å². The number of carboxylic acids is 1. The maximum Gasteiger partial charge on any atom is 0.303 e. The SMILES string of the molecule is CC(C)(CC(=O)O)CC(=O)N1CCC2(CC1)CO[C@H]1c3ccccc3CC(C)(C)[C@@H]1C2. The van der Waals surface area contributed by atoms with Crippen LogP contribution >= 0.6 is 0 Å². The summed E-state index contributed by atoms with van der Waals surface area (Å²) in [5, 5.41) is 9.10. The molecule has 2 saturated heterocycles. The van der Waals surface area contributed by atoms with Gasteiger partial charge in [0.2, 0.25) is 5.91 Å². The summed E-state index contributed by atoms with van der Waals surface area (Å²) < 4.78 is 6.59. The van der Waals surface area contributed by atoms with Crippen LogP contribution in [0.5, 0.6) is 0 Å². The molecule has 1 aromatic carbocycles. The topological polar surface area (TPSA) is 66.8 Å². The molecule has 1 N–H and O–H groups in total. The third-order valence-corrected chi connectivity index (χ3v) is 8.04. The summed E-state index contributed by atoms with van der Waals surface area (Å²) in [5.41, 5.74) is 2.63. The van der Waals surface area contributed by atoms with Gasteiger partial charge in [-0.2, -0.15) is 0 Å². The minimum Gasteiger partial charge on any atom is -0.481 e. The molecule has 1 aliphatic carbocycles. The highest BCUT2D eigenvalue weighted by Crippen LogP contribution is 2.57. The summed E-state index contributed by atoms with van der Waals surface area (Å²) >= 11 is 0. The first kappa shape index (κ1) is 22.3. The van der Waals surface area contributed by atoms with Crippen LogP contribution in [0, 0.1) is 22.2 Å². The van der Waals surface area contributed by atoms with E-state index >= 15 is 0 Å². The zero-order valence-corrected chi connectivity index (χ0v) is 19.4. The fourth-order valence-corrected chi connectivity index (χ4v) is 6.17. The average molecular weight is 428 g/mol. The van der Waals surface area contributed by atoms with E-state index in [4.69, 9.17) is 9.84 Å². The molecular formula is C26H37NO4. The van der Waals surface area contributed by atoms with Gasteiger partial charge in [0.05, 0.1) is 19.1 Å². The van der Waals surface area contributed by atoms with Crippen molar-refractivity contribution in [3.8, 4) is 0 Å². The van der Waals surface area contributed by atoms with E-state index in [-0.39, 0.29) is 35.7 Å². The number of piperidine rings is 1. The molecule has 2 fully saturated rings. The zero-order chi connectivity index (χ0) is 22.4. The number of fused-ring (bicyclic) bond motifs is 3. The largest absolute Gasteiger partial charge is 0.481 e. The zero-order valence-electron chi connectivity index (χ0n) is 19.4. The van der Waals surface area contributed by atoms with E-state index in [1.54, 1.807) is 0 Å².